The van der Waals surface area contributed by atoms with Crippen LogP contribution in [0.4, 0.5) is 5.82 Å². The monoisotopic (exact) mass is 290 g/mol. The van der Waals surface area contributed by atoms with E-state index in [0.717, 1.165) is 14.6 Å². The lowest BCUT2D eigenvalue weighted by Crippen LogP contribution is -2.04. The molecule has 0 saturated heterocycles. The van der Waals surface area contributed by atoms with Gasteiger partial charge in [-0.25, -0.2) is 4.98 Å². The maximum Gasteiger partial charge on any atom is 0.230 e. The van der Waals surface area contributed by atoms with Gasteiger partial charge in [0.15, 0.2) is 0 Å². The lowest BCUT2D eigenvalue weighted by molar-refractivity contribution is -0.115. The largest absolute Gasteiger partial charge is 0.310 e. The molecule has 62 valence electrons. The first kappa shape index (κ1) is 8.19. The van der Waals surface area contributed by atoms with Crippen LogP contribution in [0.1, 0.15) is 5.56 Å². The Balaban J connectivity index is 2.59. The lowest BCUT2D eigenvalue weighted by Gasteiger charge is -1.99. The molecule has 3 nitrogen and oxygen atoms in total. The van der Waals surface area contributed by atoms with E-state index >= 15 is 0 Å². The number of carbonyl (C=O) groups is 1. The van der Waals surface area contributed by atoms with Crippen molar-refractivity contribution in [2.45, 2.75) is 6.42 Å². The average molecular weight is 292 g/mol. The minimum absolute atomic E-state index is 0.00343. The number of anilines is 1. The summed E-state index contributed by atoms with van der Waals surface area (Å²) in [5, 5.41) is 2.67. The number of rotatable bonds is 0. The van der Waals surface area contributed by atoms with Crippen molar-refractivity contribution in [2.75, 3.05) is 5.32 Å². The Morgan fingerprint density at radius 3 is 3.00 bits per heavy atom. The topological polar surface area (TPSA) is 42.0 Å². The molecule has 0 aromatic carbocycles. The fourth-order valence-electron chi connectivity index (χ4n) is 1.12. The SMILES string of the molecule is O=C1Cc2c(Br)cc(Br)nc2N1. The van der Waals surface area contributed by atoms with Crippen molar-refractivity contribution < 1.29 is 4.79 Å². The molecule has 0 bridgehead atoms. The first-order valence-electron chi connectivity index (χ1n) is 3.31. The number of hydrogen-bond donors (Lipinski definition) is 1. The van der Waals surface area contributed by atoms with Crippen LogP contribution in [-0.4, -0.2) is 10.9 Å². The third kappa shape index (κ3) is 1.27. The molecule has 1 aromatic heterocycles. The summed E-state index contributed by atoms with van der Waals surface area (Å²) in [6, 6.07) is 1.83. The van der Waals surface area contributed by atoms with Crippen LogP contribution in [0.15, 0.2) is 15.1 Å². The average Bonchev–Trinajstić information content (AvgIpc) is 2.29. The highest BCUT2D eigenvalue weighted by Gasteiger charge is 2.21. The summed E-state index contributed by atoms with van der Waals surface area (Å²) >= 11 is 6.61. The van der Waals surface area contributed by atoms with Crippen LogP contribution >= 0.6 is 31.9 Å². The van der Waals surface area contributed by atoms with Crippen molar-refractivity contribution >= 4 is 43.6 Å². The van der Waals surface area contributed by atoms with Gasteiger partial charge in [-0.2, -0.15) is 0 Å². The minimum atomic E-state index is -0.00343. The second-order valence-corrected chi connectivity index (χ2v) is 4.15. The Bertz CT molecular complexity index is 365. The van der Waals surface area contributed by atoms with Crippen molar-refractivity contribution in [1.82, 2.24) is 4.98 Å². The standard InChI is InChI=1S/C7H4Br2N2O/c8-4-2-5(9)10-7-3(4)1-6(12)11-7/h2H,1H2,(H,10,11,12). The van der Waals surface area contributed by atoms with Crippen molar-refractivity contribution in [2.24, 2.45) is 0 Å². The molecule has 0 atom stereocenters. The Labute approximate surface area is 85.8 Å². The smallest absolute Gasteiger partial charge is 0.230 e. The van der Waals surface area contributed by atoms with Gasteiger partial charge in [0.25, 0.3) is 0 Å². The number of amides is 1. The number of halogens is 2. The molecule has 0 radical (unpaired) electrons. The molecule has 1 aliphatic rings. The zero-order valence-corrected chi connectivity index (χ0v) is 9.07. The summed E-state index contributed by atoms with van der Waals surface area (Å²) in [6.07, 6.45) is 0.413. The van der Waals surface area contributed by atoms with Crippen molar-refractivity contribution in [3.05, 3.63) is 20.7 Å². The van der Waals surface area contributed by atoms with Crippen LogP contribution in [0.3, 0.4) is 0 Å². The summed E-state index contributed by atoms with van der Waals surface area (Å²) < 4.78 is 1.63. The van der Waals surface area contributed by atoms with Crippen LogP contribution in [0.5, 0.6) is 0 Å². The number of fused-ring (bicyclic) bond motifs is 1. The van der Waals surface area contributed by atoms with Crippen LogP contribution in [0, 0.1) is 0 Å². The molecular weight excluding hydrogens is 288 g/mol. The molecule has 1 amide bonds. The maximum atomic E-state index is 11.0. The normalized spacial score (nSPS) is 14.3. The summed E-state index contributed by atoms with van der Waals surface area (Å²) in [6.45, 7) is 0. The Morgan fingerprint density at radius 2 is 2.25 bits per heavy atom. The number of pyridine rings is 1. The zero-order valence-electron chi connectivity index (χ0n) is 5.90. The quantitative estimate of drug-likeness (QED) is 0.744. The van der Waals surface area contributed by atoms with E-state index in [2.05, 4.69) is 42.2 Å². The third-order valence-electron chi connectivity index (χ3n) is 1.63. The highest BCUT2D eigenvalue weighted by atomic mass is 79.9. The van der Waals surface area contributed by atoms with E-state index < -0.39 is 0 Å². The van der Waals surface area contributed by atoms with Crippen LogP contribution in [-0.2, 0) is 11.2 Å². The number of aromatic nitrogens is 1. The first-order valence-corrected chi connectivity index (χ1v) is 4.90. The molecule has 0 saturated carbocycles. The van der Waals surface area contributed by atoms with E-state index in [-0.39, 0.29) is 5.91 Å². The van der Waals surface area contributed by atoms with Crippen molar-refractivity contribution in [1.29, 1.82) is 0 Å². The van der Waals surface area contributed by atoms with E-state index in [1.165, 1.54) is 0 Å². The Morgan fingerprint density at radius 1 is 1.50 bits per heavy atom. The fraction of sp³-hybridized carbons (Fsp3) is 0.143. The second kappa shape index (κ2) is 2.81. The molecule has 0 aliphatic carbocycles. The molecule has 0 fully saturated rings. The summed E-state index contributed by atoms with van der Waals surface area (Å²) in [5.74, 6) is 0.651. The molecule has 2 heterocycles. The van der Waals surface area contributed by atoms with E-state index in [4.69, 9.17) is 0 Å². The third-order valence-corrected chi connectivity index (χ3v) is 2.75. The van der Waals surface area contributed by atoms with Crippen LogP contribution in [0.25, 0.3) is 0 Å². The number of nitrogens with zero attached hydrogens (tertiary/aromatic N) is 1. The zero-order chi connectivity index (χ0) is 8.72. The molecule has 1 aliphatic heterocycles. The molecule has 5 heteroatoms. The van der Waals surface area contributed by atoms with Gasteiger partial charge in [0.1, 0.15) is 10.4 Å². The van der Waals surface area contributed by atoms with Gasteiger partial charge < -0.3 is 5.32 Å². The fourth-order valence-corrected chi connectivity index (χ4v) is 2.38. The molecule has 0 unspecified atom stereocenters. The van der Waals surface area contributed by atoms with E-state index in [1.54, 1.807) is 0 Å². The molecule has 2 rings (SSSR count). The minimum Gasteiger partial charge on any atom is -0.310 e. The van der Waals surface area contributed by atoms with Gasteiger partial charge >= 0.3 is 0 Å². The predicted octanol–water partition coefficient (Wildman–Crippen LogP) is 2.10. The molecule has 12 heavy (non-hydrogen) atoms. The Hall–Kier alpha value is -0.420. The molecule has 1 N–H and O–H groups in total. The second-order valence-electron chi connectivity index (χ2n) is 2.48. The van der Waals surface area contributed by atoms with Gasteiger partial charge in [0, 0.05) is 10.0 Å². The van der Waals surface area contributed by atoms with Crippen LogP contribution < -0.4 is 5.32 Å². The Kier molecular flexibility index (Phi) is 1.92. The number of carbonyl (C=O) groups excluding carboxylic acids is 1. The van der Waals surface area contributed by atoms with E-state index in [0.29, 0.717) is 12.2 Å². The van der Waals surface area contributed by atoms with E-state index in [1.807, 2.05) is 6.07 Å². The van der Waals surface area contributed by atoms with Gasteiger partial charge in [0.05, 0.1) is 6.42 Å². The van der Waals surface area contributed by atoms with Gasteiger partial charge in [-0.05, 0) is 22.0 Å². The predicted molar refractivity (Wildman–Crippen MR) is 52.0 cm³/mol. The first-order chi connectivity index (χ1) is 5.66. The van der Waals surface area contributed by atoms with Gasteiger partial charge in [-0.3, -0.25) is 4.79 Å². The molecule has 0 spiro atoms. The highest BCUT2D eigenvalue weighted by molar-refractivity contribution is 9.11. The number of hydrogen-bond acceptors (Lipinski definition) is 2. The van der Waals surface area contributed by atoms with Crippen molar-refractivity contribution in [3.63, 3.8) is 0 Å². The van der Waals surface area contributed by atoms with Gasteiger partial charge in [-0.1, -0.05) is 15.9 Å². The van der Waals surface area contributed by atoms with Crippen LogP contribution in [0.2, 0.25) is 0 Å². The molecule has 1 aromatic rings. The highest BCUT2D eigenvalue weighted by Crippen LogP contribution is 2.30. The van der Waals surface area contributed by atoms with E-state index in [9.17, 15) is 4.79 Å². The summed E-state index contributed by atoms with van der Waals surface area (Å²) in [7, 11) is 0. The maximum absolute atomic E-state index is 11.0. The molecular formula is C7H4Br2N2O. The summed E-state index contributed by atoms with van der Waals surface area (Å²) in [5.41, 5.74) is 0.934. The van der Waals surface area contributed by atoms with Gasteiger partial charge in [-0.15, -0.1) is 0 Å². The van der Waals surface area contributed by atoms with Crippen molar-refractivity contribution in [3.8, 4) is 0 Å². The summed E-state index contributed by atoms with van der Waals surface area (Å²) in [4.78, 5) is 15.1. The lowest BCUT2D eigenvalue weighted by atomic mass is 10.2. The van der Waals surface area contributed by atoms with Gasteiger partial charge in [0.2, 0.25) is 5.91 Å². The number of nitrogens with one attached hydrogen (secondary N) is 1.